The van der Waals surface area contributed by atoms with E-state index >= 15 is 0 Å². The van der Waals surface area contributed by atoms with Crippen molar-refractivity contribution in [3.63, 3.8) is 0 Å². The molecule has 0 atom stereocenters. The van der Waals surface area contributed by atoms with Crippen LogP contribution in [-0.2, 0) is 6.42 Å². The Morgan fingerprint density at radius 3 is 3.00 bits per heavy atom. The van der Waals surface area contributed by atoms with E-state index in [1.165, 1.54) is 6.07 Å². The van der Waals surface area contributed by atoms with Gasteiger partial charge in [-0.05, 0) is 37.1 Å². The molecule has 0 fully saturated rings. The Labute approximate surface area is 82.3 Å². The Bertz CT molecular complexity index is 456. The van der Waals surface area contributed by atoms with E-state index in [9.17, 15) is 4.39 Å². The fourth-order valence-electron chi connectivity index (χ4n) is 1.56. The molecule has 0 bridgehead atoms. The van der Waals surface area contributed by atoms with Crippen molar-refractivity contribution in [3.05, 3.63) is 48.4 Å². The predicted octanol–water partition coefficient (Wildman–Crippen LogP) is 3.43. The SMILES string of the molecule is C=CCCc1cc2cc(F)ccc2[nH]1. The Balaban J connectivity index is 2.36. The van der Waals surface area contributed by atoms with Gasteiger partial charge in [0, 0.05) is 16.6 Å². The Hall–Kier alpha value is -1.57. The zero-order valence-corrected chi connectivity index (χ0v) is 7.89. The highest BCUT2D eigenvalue weighted by Gasteiger charge is 2.00. The molecule has 0 aliphatic rings. The summed E-state index contributed by atoms with van der Waals surface area (Å²) in [4.78, 5) is 3.24. The highest BCUT2D eigenvalue weighted by molar-refractivity contribution is 5.80. The number of allylic oxidation sites excluding steroid dienone is 1. The average molecular weight is 189 g/mol. The second-order valence-corrected chi connectivity index (χ2v) is 3.35. The third-order valence-corrected chi connectivity index (χ3v) is 2.26. The van der Waals surface area contributed by atoms with Crippen LogP contribution in [0.25, 0.3) is 10.9 Å². The van der Waals surface area contributed by atoms with Crippen LogP contribution in [0.1, 0.15) is 12.1 Å². The van der Waals surface area contributed by atoms with Crippen LogP contribution in [0.15, 0.2) is 36.9 Å². The molecule has 0 saturated carbocycles. The molecule has 0 aliphatic carbocycles. The molecule has 1 nitrogen and oxygen atoms in total. The largest absolute Gasteiger partial charge is 0.358 e. The lowest BCUT2D eigenvalue weighted by molar-refractivity contribution is 0.630. The van der Waals surface area contributed by atoms with Gasteiger partial charge in [0.2, 0.25) is 0 Å². The van der Waals surface area contributed by atoms with E-state index in [0.717, 1.165) is 29.4 Å². The van der Waals surface area contributed by atoms with Crippen LogP contribution in [0.3, 0.4) is 0 Å². The number of aromatic amines is 1. The van der Waals surface area contributed by atoms with Crippen LogP contribution in [0.2, 0.25) is 0 Å². The maximum absolute atomic E-state index is 12.9. The van der Waals surface area contributed by atoms with E-state index in [0.29, 0.717) is 0 Å². The highest BCUT2D eigenvalue weighted by Crippen LogP contribution is 2.17. The standard InChI is InChI=1S/C12H12FN/c1-2-3-4-11-8-9-7-10(13)5-6-12(9)14-11/h2,5-8,14H,1,3-4H2. The van der Waals surface area contributed by atoms with Gasteiger partial charge in [-0.3, -0.25) is 0 Å². The minimum atomic E-state index is -0.188. The molecular formula is C12H12FN. The summed E-state index contributed by atoms with van der Waals surface area (Å²) in [5.74, 6) is -0.188. The first kappa shape index (κ1) is 9.00. The smallest absolute Gasteiger partial charge is 0.123 e. The van der Waals surface area contributed by atoms with Crippen LogP contribution in [0, 0.1) is 5.82 Å². The lowest BCUT2D eigenvalue weighted by Gasteiger charge is -1.90. The molecule has 0 saturated heterocycles. The minimum Gasteiger partial charge on any atom is -0.358 e. The van der Waals surface area contributed by atoms with Crippen molar-refractivity contribution < 1.29 is 4.39 Å². The summed E-state index contributed by atoms with van der Waals surface area (Å²) in [5.41, 5.74) is 2.12. The fraction of sp³-hybridized carbons (Fsp3) is 0.167. The summed E-state index contributed by atoms with van der Waals surface area (Å²) in [5, 5.41) is 0.934. The van der Waals surface area contributed by atoms with Crippen molar-refractivity contribution in [2.45, 2.75) is 12.8 Å². The maximum Gasteiger partial charge on any atom is 0.123 e. The number of benzene rings is 1. The minimum absolute atomic E-state index is 0.188. The normalized spacial score (nSPS) is 10.6. The van der Waals surface area contributed by atoms with Crippen molar-refractivity contribution in [3.8, 4) is 0 Å². The van der Waals surface area contributed by atoms with Gasteiger partial charge in [-0.1, -0.05) is 6.08 Å². The van der Waals surface area contributed by atoms with E-state index in [1.807, 2.05) is 12.1 Å². The summed E-state index contributed by atoms with van der Waals surface area (Å²) in [6, 6.07) is 6.77. The van der Waals surface area contributed by atoms with Gasteiger partial charge >= 0.3 is 0 Å². The fourth-order valence-corrected chi connectivity index (χ4v) is 1.56. The lowest BCUT2D eigenvalue weighted by Crippen LogP contribution is -1.80. The molecule has 1 heterocycles. The molecule has 2 rings (SSSR count). The predicted molar refractivity (Wildman–Crippen MR) is 56.8 cm³/mol. The number of aryl methyl sites for hydroxylation is 1. The Kier molecular flexibility index (Phi) is 2.35. The number of nitrogens with one attached hydrogen (secondary N) is 1. The number of rotatable bonds is 3. The van der Waals surface area contributed by atoms with Crippen LogP contribution < -0.4 is 0 Å². The van der Waals surface area contributed by atoms with E-state index in [4.69, 9.17) is 0 Å². The number of aromatic nitrogens is 1. The van der Waals surface area contributed by atoms with Gasteiger partial charge in [0.1, 0.15) is 5.82 Å². The van der Waals surface area contributed by atoms with Crippen molar-refractivity contribution in [2.24, 2.45) is 0 Å². The number of hydrogen-bond acceptors (Lipinski definition) is 0. The zero-order valence-electron chi connectivity index (χ0n) is 7.89. The first-order chi connectivity index (χ1) is 6.79. The molecule has 72 valence electrons. The van der Waals surface area contributed by atoms with Crippen molar-refractivity contribution in [1.82, 2.24) is 4.98 Å². The molecule has 1 aromatic carbocycles. The molecule has 1 N–H and O–H groups in total. The summed E-state index contributed by atoms with van der Waals surface area (Å²) >= 11 is 0. The molecule has 0 spiro atoms. The summed E-state index contributed by atoms with van der Waals surface area (Å²) in [6.07, 6.45) is 3.75. The first-order valence-electron chi connectivity index (χ1n) is 4.67. The lowest BCUT2D eigenvalue weighted by atomic mass is 10.2. The van der Waals surface area contributed by atoms with E-state index in [2.05, 4.69) is 11.6 Å². The zero-order chi connectivity index (χ0) is 9.97. The molecular weight excluding hydrogens is 177 g/mol. The van der Waals surface area contributed by atoms with Gasteiger partial charge in [0.25, 0.3) is 0 Å². The number of fused-ring (bicyclic) bond motifs is 1. The highest BCUT2D eigenvalue weighted by atomic mass is 19.1. The third-order valence-electron chi connectivity index (χ3n) is 2.26. The van der Waals surface area contributed by atoms with Crippen LogP contribution in [-0.4, -0.2) is 4.98 Å². The molecule has 0 radical (unpaired) electrons. The molecule has 14 heavy (non-hydrogen) atoms. The summed E-state index contributed by atoms with van der Waals surface area (Å²) < 4.78 is 12.9. The quantitative estimate of drug-likeness (QED) is 0.712. The van der Waals surface area contributed by atoms with Gasteiger partial charge in [-0.25, -0.2) is 4.39 Å². The van der Waals surface area contributed by atoms with Crippen molar-refractivity contribution in [1.29, 1.82) is 0 Å². The first-order valence-corrected chi connectivity index (χ1v) is 4.67. The summed E-state index contributed by atoms with van der Waals surface area (Å²) in [7, 11) is 0. The molecule has 2 heteroatoms. The molecule has 0 unspecified atom stereocenters. The van der Waals surface area contributed by atoms with Gasteiger partial charge < -0.3 is 4.98 Å². The topological polar surface area (TPSA) is 15.8 Å². The second-order valence-electron chi connectivity index (χ2n) is 3.35. The van der Waals surface area contributed by atoms with Gasteiger partial charge in [0.15, 0.2) is 0 Å². The Morgan fingerprint density at radius 1 is 1.36 bits per heavy atom. The molecule has 2 aromatic rings. The van der Waals surface area contributed by atoms with Gasteiger partial charge in [-0.15, -0.1) is 6.58 Å². The van der Waals surface area contributed by atoms with Crippen molar-refractivity contribution >= 4 is 10.9 Å². The number of hydrogen-bond donors (Lipinski definition) is 1. The van der Waals surface area contributed by atoms with Gasteiger partial charge in [-0.2, -0.15) is 0 Å². The van der Waals surface area contributed by atoms with Gasteiger partial charge in [0.05, 0.1) is 0 Å². The maximum atomic E-state index is 12.9. The number of H-pyrrole nitrogens is 1. The molecule has 0 amide bonds. The monoisotopic (exact) mass is 189 g/mol. The Morgan fingerprint density at radius 2 is 2.21 bits per heavy atom. The second kappa shape index (κ2) is 3.66. The van der Waals surface area contributed by atoms with E-state index < -0.39 is 0 Å². The summed E-state index contributed by atoms with van der Waals surface area (Å²) in [6.45, 7) is 3.67. The number of halogens is 1. The average Bonchev–Trinajstić information content (AvgIpc) is 2.56. The third kappa shape index (κ3) is 1.69. The van der Waals surface area contributed by atoms with Crippen LogP contribution in [0.4, 0.5) is 4.39 Å². The molecule has 1 aromatic heterocycles. The molecule has 0 aliphatic heterocycles. The van der Waals surface area contributed by atoms with Crippen LogP contribution >= 0.6 is 0 Å². The van der Waals surface area contributed by atoms with Crippen molar-refractivity contribution in [2.75, 3.05) is 0 Å². The van der Waals surface area contributed by atoms with E-state index in [1.54, 1.807) is 12.1 Å². The van der Waals surface area contributed by atoms with Crippen LogP contribution in [0.5, 0.6) is 0 Å². The van der Waals surface area contributed by atoms with E-state index in [-0.39, 0.29) is 5.82 Å².